The molecule has 0 heterocycles. The number of aromatic hydroxyl groups is 1. The van der Waals surface area contributed by atoms with Gasteiger partial charge in [0.25, 0.3) is 0 Å². The summed E-state index contributed by atoms with van der Waals surface area (Å²) in [5, 5.41) is 9.84. The molecule has 0 aliphatic heterocycles. The van der Waals surface area contributed by atoms with Crippen LogP contribution in [0.5, 0.6) is 5.75 Å². The molecule has 3 aliphatic rings. The first-order valence-electron chi connectivity index (χ1n) is 11.6. The zero-order valence-electron chi connectivity index (χ0n) is 18.7. The average molecular weight is 419 g/mol. The number of ether oxygens (including phenoxy) is 1. The van der Waals surface area contributed by atoms with Crippen LogP contribution in [-0.4, -0.2) is 17.2 Å². The minimum atomic E-state index is -0.181. The topological polar surface area (TPSA) is 46.5 Å². The highest BCUT2D eigenvalue weighted by atomic mass is 16.5. The highest BCUT2D eigenvalue weighted by molar-refractivity contribution is 5.89. The number of benzene rings is 2. The van der Waals surface area contributed by atoms with Gasteiger partial charge < -0.3 is 9.84 Å². The zero-order valence-corrected chi connectivity index (χ0v) is 18.7. The van der Waals surface area contributed by atoms with E-state index in [4.69, 9.17) is 4.74 Å². The maximum absolute atomic E-state index is 12.6. The molecule has 0 bridgehead atoms. The predicted octanol–water partition coefficient (Wildman–Crippen LogP) is 6.67. The van der Waals surface area contributed by atoms with Gasteiger partial charge in [-0.15, -0.1) is 6.58 Å². The molecule has 5 rings (SSSR count). The number of carbonyl (C=O) groups is 1. The lowest BCUT2D eigenvalue weighted by Gasteiger charge is -2.50. The molecule has 3 nitrogen and oxygen atoms in total. The summed E-state index contributed by atoms with van der Waals surface area (Å²) in [6.07, 6.45) is 8.38. The Morgan fingerprint density at radius 3 is 2.61 bits per heavy atom. The lowest BCUT2D eigenvalue weighted by Crippen LogP contribution is -2.45. The summed E-state index contributed by atoms with van der Waals surface area (Å²) in [5.74, 6) is 2.06. The number of fused-ring (bicyclic) bond motifs is 5. The van der Waals surface area contributed by atoms with E-state index in [1.54, 1.807) is 6.08 Å². The fourth-order valence-electron chi connectivity index (χ4n) is 6.49. The van der Waals surface area contributed by atoms with E-state index >= 15 is 0 Å². The first kappa shape index (κ1) is 21.7. The number of carbonyl (C=O) groups excluding carboxylic acids is 1. The van der Waals surface area contributed by atoms with Crippen LogP contribution in [0.1, 0.15) is 73.4 Å². The van der Waals surface area contributed by atoms with Crippen molar-refractivity contribution in [2.45, 2.75) is 64.4 Å². The van der Waals surface area contributed by atoms with E-state index in [2.05, 4.69) is 19.6 Å². The molecule has 31 heavy (non-hydrogen) atoms. The Labute approximate surface area is 186 Å². The molecule has 3 aliphatic carbocycles. The smallest absolute Gasteiger partial charge is 0.338 e. The van der Waals surface area contributed by atoms with Gasteiger partial charge in [-0.05, 0) is 98.6 Å². The van der Waals surface area contributed by atoms with Crippen molar-refractivity contribution in [1.29, 1.82) is 0 Å². The SMILES string of the molecule is C=CC.CC12CCC3c4ccc(O)cc4CCC3C1CCC2OC(=O)c1ccccc1. The molecule has 5 atom stereocenters. The summed E-state index contributed by atoms with van der Waals surface area (Å²) < 4.78 is 6.06. The third-order valence-electron chi connectivity index (χ3n) is 7.88. The molecular weight excluding hydrogens is 384 g/mol. The Kier molecular flexibility index (Phi) is 6.22. The quantitative estimate of drug-likeness (QED) is 0.438. The number of phenolic OH excluding ortho intramolecular Hbond substituents is 1. The minimum absolute atomic E-state index is 0.0207. The molecule has 1 N–H and O–H groups in total. The normalized spacial score (nSPS) is 30.6. The van der Waals surface area contributed by atoms with Crippen LogP contribution in [0.2, 0.25) is 0 Å². The van der Waals surface area contributed by atoms with Gasteiger partial charge in [0.1, 0.15) is 11.9 Å². The van der Waals surface area contributed by atoms with E-state index in [1.165, 1.54) is 17.5 Å². The highest BCUT2D eigenvalue weighted by Gasteiger charge is 2.56. The third kappa shape index (κ3) is 4.03. The van der Waals surface area contributed by atoms with Gasteiger partial charge in [0, 0.05) is 5.41 Å². The fourth-order valence-corrected chi connectivity index (χ4v) is 6.49. The summed E-state index contributed by atoms with van der Waals surface area (Å²) in [6.45, 7) is 7.61. The van der Waals surface area contributed by atoms with Crippen molar-refractivity contribution in [3.8, 4) is 5.75 Å². The standard InChI is InChI=1S/C25H28O3.C3H6/c1-25-14-13-20-19-10-8-18(26)15-17(19)7-9-21(20)22(25)11-12-23(25)28-24(27)16-5-3-2-4-6-16;1-3-2/h2-6,8,10,15,20-23,26H,7,9,11-14H2,1H3;3H,1H2,2H3. The number of hydrogen-bond donors (Lipinski definition) is 1. The van der Waals surface area contributed by atoms with E-state index < -0.39 is 0 Å². The lowest BCUT2D eigenvalue weighted by molar-refractivity contribution is -0.0427. The van der Waals surface area contributed by atoms with Crippen LogP contribution < -0.4 is 0 Å². The predicted molar refractivity (Wildman–Crippen MR) is 124 cm³/mol. The van der Waals surface area contributed by atoms with Crippen LogP contribution in [0.4, 0.5) is 0 Å². The first-order valence-corrected chi connectivity index (χ1v) is 11.6. The van der Waals surface area contributed by atoms with Crippen molar-refractivity contribution in [1.82, 2.24) is 0 Å². The summed E-state index contributed by atoms with van der Waals surface area (Å²) in [6, 6.07) is 15.3. The Balaban J connectivity index is 0.000000730. The molecule has 2 aromatic rings. The summed E-state index contributed by atoms with van der Waals surface area (Å²) in [5.41, 5.74) is 3.51. The molecule has 2 aromatic carbocycles. The van der Waals surface area contributed by atoms with Crippen LogP contribution in [0.15, 0.2) is 61.2 Å². The van der Waals surface area contributed by atoms with E-state index in [0.717, 1.165) is 32.1 Å². The van der Waals surface area contributed by atoms with Gasteiger partial charge in [-0.1, -0.05) is 37.3 Å². The summed E-state index contributed by atoms with van der Waals surface area (Å²) in [7, 11) is 0. The summed E-state index contributed by atoms with van der Waals surface area (Å²) in [4.78, 5) is 12.6. The van der Waals surface area contributed by atoms with Crippen molar-refractivity contribution in [3.05, 3.63) is 77.9 Å². The van der Waals surface area contributed by atoms with Crippen LogP contribution in [0, 0.1) is 17.3 Å². The molecule has 3 heteroatoms. The number of esters is 1. The van der Waals surface area contributed by atoms with Crippen molar-refractivity contribution >= 4 is 5.97 Å². The molecule has 0 radical (unpaired) electrons. The fraction of sp³-hybridized carbons (Fsp3) is 0.464. The van der Waals surface area contributed by atoms with Gasteiger partial charge in [0.15, 0.2) is 0 Å². The number of phenols is 1. The van der Waals surface area contributed by atoms with E-state index in [9.17, 15) is 9.90 Å². The largest absolute Gasteiger partial charge is 0.508 e. The maximum atomic E-state index is 12.6. The molecule has 0 aromatic heterocycles. The molecule has 0 spiro atoms. The van der Waals surface area contributed by atoms with Gasteiger partial charge in [-0.25, -0.2) is 4.79 Å². The van der Waals surface area contributed by atoms with Crippen LogP contribution in [0.3, 0.4) is 0 Å². The number of aryl methyl sites for hydroxylation is 1. The number of hydrogen-bond acceptors (Lipinski definition) is 3. The van der Waals surface area contributed by atoms with Crippen LogP contribution >= 0.6 is 0 Å². The second kappa shape index (κ2) is 8.90. The second-order valence-corrected chi connectivity index (χ2v) is 9.59. The van der Waals surface area contributed by atoms with Gasteiger partial charge in [-0.3, -0.25) is 0 Å². The van der Waals surface area contributed by atoms with Crippen molar-refractivity contribution in [2.24, 2.45) is 17.3 Å². The van der Waals surface area contributed by atoms with Crippen molar-refractivity contribution < 1.29 is 14.6 Å². The molecule has 2 fully saturated rings. The Bertz CT molecular complexity index is 935. The first-order chi connectivity index (χ1) is 15.0. The highest BCUT2D eigenvalue weighted by Crippen LogP contribution is 2.61. The Morgan fingerprint density at radius 2 is 1.87 bits per heavy atom. The van der Waals surface area contributed by atoms with Crippen LogP contribution in [0.25, 0.3) is 0 Å². The van der Waals surface area contributed by atoms with Gasteiger partial charge in [0.05, 0.1) is 5.56 Å². The third-order valence-corrected chi connectivity index (χ3v) is 7.88. The van der Waals surface area contributed by atoms with E-state index in [-0.39, 0.29) is 17.5 Å². The monoisotopic (exact) mass is 418 g/mol. The van der Waals surface area contributed by atoms with E-state index in [1.807, 2.05) is 49.4 Å². The second-order valence-electron chi connectivity index (χ2n) is 9.59. The minimum Gasteiger partial charge on any atom is -0.508 e. The zero-order chi connectivity index (χ0) is 22.0. The Morgan fingerprint density at radius 1 is 1.13 bits per heavy atom. The van der Waals surface area contributed by atoms with Gasteiger partial charge in [-0.2, -0.15) is 0 Å². The average Bonchev–Trinajstić information content (AvgIpc) is 3.10. The molecule has 2 saturated carbocycles. The van der Waals surface area contributed by atoms with E-state index in [0.29, 0.717) is 29.1 Å². The van der Waals surface area contributed by atoms with Crippen molar-refractivity contribution in [2.75, 3.05) is 0 Å². The molecule has 5 unspecified atom stereocenters. The number of rotatable bonds is 2. The molecular formula is C28H34O3. The summed E-state index contributed by atoms with van der Waals surface area (Å²) >= 11 is 0. The molecule has 0 saturated heterocycles. The molecule has 0 amide bonds. The molecule has 164 valence electrons. The van der Waals surface area contributed by atoms with Crippen LogP contribution in [-0.2, 0) is 11.2 Å². The Hall–Kier alpha value is -2.55. The van der Waals surface area contributed by atoms with Gasteiger partial charge >= 0.3 is 5.97 Å². The number of allylic oxidation sites excluding steroid dienone is 1. The van der Waals surface area contributed by atoms with Gasteiger partial charge in [0.2, 0.25) is 0 Å². The maximum Gasteiger partial charge on any atom is 0.338 e. The van der Waals surface area contributed by atoms with Crippen molar-refractivity contribution in [3.63, 3.8) is 0 Å². The lowest BCUT2D eigenvalue weighted by atomic mass is 9.55.